The summed E-state index contributed by atoms with van der Waals surface area (Å²) in [6.45, 7) is 8.13. The number of amides is 1. The van der Waals surface area contributed by atoms with Gasteiger partial charge in [-0.25, -0.2) is 4.98 Å². The summed E-state index contributed by atoms with van der Waals surface area (Å²) in [5, 5.41) is 3.41. The average Bonchev–Trinajstić information content (AvgIpc) is 2.98. The minimum Gasteiger partial charge on any atom is -0.366 e. The Labute approximate surface area is 176 Å². The third-order valence-corrected chi connectivity index (χ3v) is 6.18. The van der Waals surface area contributed by atoms with Gasteiger partial charge >= 0.3 is 0 Å². The summed E-state index contributed by atoms with van der Waals surface area (Å²) in [7, 11) is 2.11. The molecule has 1 aliphatic carbocycles. The van der Waals surface area contributed by atoms with Crippen LogP contribution in [0.15, 0.2) is 12.4 Å². The number of aromatic nitrogens is 3. The van der Waals surface area contributed by atoms with Crippen molar-refractivity contribution >= 4 is 17.5 Å². The van der Waals surface area contributed by atoms with E-state index in [1.165, 1.54) is 6.20 Å². The Morgan fingerprint density at radius 2 is 1.97 bits per heavy atom. The van der Waals surface area contributed by atoms with E-state index in [0.717, 1.165) is 49.2 Å². The first-order chi connectivity index (χ1) is 14.1. The molecule has 0 unspecified atom stereocenters. The maximum Gasteiger partial charge on any atom is 0.254 e. The molecule has 1 fully saturated rings. The van der Waals surface area contributed by atoms with E-state index in [1.54, 1.807) is 0 Å². The zero-order chi connectivity index (χ0) is 21.6. The monoisotopic (exact) mass is 410 g/mol. The lowest BCUT2D eigenvalue weighted by Crippen LogP contribution is -2.37. The van der Waals surface area contributed by atoms with Crippen LogP contribution in [0.3, 0.4) is 0 Å². The smallest absolute Gasteiger partial charge is 0.254 e. The Morgan fingerprint density at radius 1 is 1.27 bits per heavy atom. The van der Waals surface area contributed by atoms with Crippen LogP contribution in [0.5, 0.6) is 0 Å². The lowest BCUT2D eigenvalue weighted by Gasteiger charge is -2.30. The molecule has 4 rings (SSSR count). The van der Waals surface area contributed by atoms with Crippen molar-refractivity contribution in [3.8, 4) is 5.95 Å². The summed E-state index contributed by atoms with van der Waals surface area (Å²) in [5.74, 6) is 0.517. The fourth-order valence-electron chi connectivity index (χ4n) is 4.58. The topological polar surface area (TPSA) is 106 Å². The van der Waals surface area contributed by atoms with Gasteiger partial charge in [0.05, 0.1) is 5.56 Å². The first-order valence-corrected chi connectivity index (χ1v) is 10.5. The van der Waals surface area contributed by atoms with Gasteiger partial charge in [0.15, 0.2) is 5.78 Å². The molecule has 8 nitrogen and oxygen atoms in total. The number of anilines is 1. The molecule has 160 valence electrons. The van der Waals surface area contributed by atoms with Gasteiger partial charge in [-0.05, 0) is 57.3 Å². The molecule has 30 heavy (non-hydrogen) atoms. The number of carbonyl (C=O) groups is 2. The zero-order valence-corrected chi connectivity index (χ0v) is 18.2. The number of nitrogens with two attached hydrogens (primary N) is 1. The molecule has 0 radical (unpaired) electrons. The maximum absolute atomic E-state index is 12.7. The number of aryl methyl sites for hydroxylation is 1. The molecule has 3 heterocycles. The van der Waals surface area contributed by atoms with Gasteiger partial charge in [0.25, 0.3) is 5.91 Å². The number of rotatable bonds is 4. The number of likely N-dealkylation sites (tertiary alicyclic amines) is 1. The van der Waals surface area contributed by atoms with Gasteiger partial charge < -0.3 is 16.0 Å². The third kappa shape index (κ3) is 3.84. The molecule has 2 aliphatic rings. The van der Waals surface area contributed by atoms with E-state index < -0.39 is 5.91 Å². The van der Waals surface area contributed by atoms with Crippen LogP contribution in [0.25, 0.3) is 5.95 Å². The van der Waals surface area contributed by atoms with Gasteiger partial charge in [-0.15, -0.1) is 0 Å². The second-order valence-corrected chi connectivity index (χ2v) is 9.46. The summed E-state index contributed by atoms with van der Waals surface area (Å²) in [4.78, 5) is 36.1. The Balaban J connectivity index is 1.73. The Kier molecular flexibility index (Phi) is 5.13. The molecule has 1 aliphatic heterocycles. The molecule has 3 N–H and O–H groups in total. The second kappa shape index (κ2) is 7.50. The predicted octanol–water partition coefficient (Wildman–Crippen LogP) is 2.34. The van der Waals surface area contributed by atoms with E-state index in [4.69, 9.17) is 5.73 Å². The fourth-order valence-corrected chi connectivity index (χ4v) is 4.58. The van der Waals surface area contributed by atoms with E-state index in [1.807, 2.05) is 17.7 Å². The number of hydrogen-bond acceptors (Lipinski definition) is 6. The van der Waals surface area contributed by atoms with E-state index in [9.17, 15) is 9.59 Å². The van der Waals surface area contributed by atoms with Crippen LogP contribution in [0.1, 0.15) is 65.1 Å². The Morgan fingerprint density at radius 3 is 2.63 bits per heavy atom. The van der Waals surface area contributed by atoms with Gasteiger partial charge in [0.1, 0.15) is 5.82 Å². The molecule has 1 amide bonds. The van der Waals surface area contributed by atoms with Crippen molar-refractivity contribution in [1.29, 1.82) is 0 Å². The maximum atomic E-state index is 12.7. The van der Waals surface area contributed by atoms with Crippen molar-refractivity contribution in [3.05, 3.63) is 34.8 Å². The average molecular weight is 411 g/mol. The fraction of sp³-hybridized carbons (Fsp3) is 0.545. The quantitative estimate of drug-likeness (QED) is 0.801. The highest BCUT2D eigenvalue weighted by molar-refractivity contribution is 6.00. The van der Waals surface area contributed by atoms with Crippen molar-refractivity contribution in [1.82, 2.24) is 19.4 Å². The number of piperidine rings is 1. The van der Waals surface area contributed by atoms with Crippen molar-refractivity contribution in [2.45, 2.75) is 52.5 Å². The largest absolute Gasteiger partial charge is 0.366 e. The first-order valence-electron chi connectivity index (χ1n) is 10.5. The molecule has 0 saturated carbocycles. The van der Waals surface area contributed by atoms with E-state index in [2.05, 4.69) is 41.1 Å². The normalized spacial score (nSPS) is 19.5. The van der Waals surface area contributed by atoms with Gasteiger partial charge in [0, 0.05) is 36.1 Å². The predicted molar refractivity (Wildman–Crippen MR) is 115 cm³/mol. The van der Waals surface area contributed by atoms with E-state index in [-0.39, 0.29) is 22.8 Å². The summed E-state index contributed by atoms with van der Waals surface area (Å²) < 4.78 is 1.90. The minimum absolute atomic E-state index is 0.116. The lowest BCUT2D eigenvalue weighted by molar-refractivity contribution is 0.0909. The number of carbonyl (C=O) groups excluding carboxylic acids is 2. The van der Waals surface area contributed by atoms with Crippen molar-refractivity contribution in [2.75, 3.05) is 25.5 Å². The second-order valence-electron chi connectivity index (χ2n) is 9.46. The number of ketones is 1. The molecule has 1 saturated heterocycles. The van der Waals surface area contributed by atoms with E-state index in [0.29, 0.717) is 18.2 Å². The standard InChI is InChI=1S/C22H30N6O2/c1-13-12-28(16-9-22(2,3)10-17(29)18(13)16)21-24-11-15(19(23)30)20(26-21)25-14-5-7-27(4)8-6-14/h11-12,14H,5-10H2,1-4H3,(H2,23,30)(H,24,25,26). The number of nitrogens with one attached hydrogen (secondary N) is 1. The summed E-state index contributed by atoms with van der Waals surface area (Å²) in [6.07, 6.45) is 6.64. The summed E-state index contributed by atoms with van der Waals surface area (Å²) in [5.41, 5.74) is 8.39. The number of fused-ring (bicyclic) bond motifs is 1. The van der Waals surface area contributed by atoms with Gasteiger partial charge in [0.2, 0.25) is 5.95 Å². The molecule has 0 aromatic carbocycles. The molecule has 2 aromatic rings. The number of hydrogen-bond donors (Lipinski definition) is 2. The molecule has 2 aromatic heterocycles. The van der Waals surface area contributed by atoms with Crippen LogP contribution in [-0.2, 0) is 6.42 Å². The molecule has 0 spiro atoms. The highest BCUT2D eigenvalue weighted by atomic mass is 16.1. The van der Waals surface area contributed by atoms with Crippen molar-refractivity contribution < 1.29 is 9.59 Å². The van der Waals surface area contributed by atoms with Crippen molar-refractivity contribution in [3.63, 3.8) is 0 Å². The van der Waals surface area contributed by atoms with Crippen LogP contribution in [-0.4, -0.2) is 57.3 Å². The molecule has 0 atom stereocenters. The van der Waals surface area contributed by atoms with Crippen LogP contribution in [0.4, 0.5) is 5.82 Å². The Bertz CT molecular complexity index is 1000. The van der Waals surface area contributed by atoms with Crippen LogP contribution in [0.2, 0.25) is 0 Å². The summed E-state index contributed by atoms with van der Waals surface area (Å²) in [6, 6.07) is 0.225. The molecule has 8 heteroatoms. The minimum atomic E-state index is -0.556. The van der Waals surface area contributed by atoms with Gasteiger partial charge in [-0.1, -0.05) is 13.8 Å². The molecular formula is C22H30N6O2. The number of Topliss-reactive ketones (excluding diaryl/α,β-unsaturated/α-hetero) is 1. The van der Waals surface area contributed by atoms with Gasteiger partial charge in [-0.2, -0.15) is 4.98 Å². The van der Waals surface area contributed by atoms with E-state index >= 15 is 0 Å². The first kappa shape index (κ1) is 20.5. The lowest BCUT2D eigenvalue weighted by atomic mass is 9.75. The Hall–Kier alpha value is -2.74. The van der Waals surface area contributed by atoms with Crippen LogP contribution >= 0.6 is 0 Å². The molecule has 0 bridgehead atoms. The zero-order valence-electron chi connectivity index (χ0n) is 18.2. The number of nitrogens with zero attached hydrogens (tertiary/aromatic N) is 4. The van der Waals surface area contributed by atoms with Crippen LogP contribution < -0.4 is 11.1 Å². The number of primary amides is 1. The SMILES string of the molecule is Cc1cn(-c2ncc(C(N)=O)c(NC3CCN(C)CC3)n2)c2c1C(=O)CC(C)(C)C2. The van der Waals surface area contributed by atoms with Crippen molar-refractivity contribution in [2.24, 2.45) is 11.1 Å². The highest BCUT2D eigenvalue weighted by Gasteiger charge is 2.35. The highest BCUT2D eigenvalue weighted by Crippen LogP contribution is 2.37. The van der Waals surface area contributed by atoms with Gasteiger partial charge in [-0.3, -0.25) is 14.2 Å². The van der Waals surface area contributed by atoms with Crippen LogP contribution in [0, 0.1) is 12.3 Å². The summed E-state index contributed by atoms with van der Waals surface area (Å²) >= 11 is 0. The molecular weight excluding hydrogens is 380 g/mol. The third-order valence-electron chi connectivity index (χ3n) is 6.18.